The number of hydrogen-bond donors (Lipinski definition) is 2. The number of piperidine rings is 1. The van der Waals surface area contributed by atoms with Crippen LogP contribution in [0.3, 0.4) is 0 Å². The molecule has 100 valence electrons. The van der Waals surface area contributed by atoms with Gasteiger partial charge >= 0.3 is 0 Å². The molecule has 2 rings (SSSR count). The lowest BCUT2D eigenvalue weighted by Gasteiger charge is -2.37. The van der Waals surface area contributed by atoms with Crippen molar-refractivity contribution in [2.45, 2.75) is 31.8 Å². The molecule has 4 heteroatoms. The summed E-state index contributed by atoms with van der Waals surface area (Å²) in [4.78, 5) is 2.44. The van der Waals surface area contributed by atoms with E-state index in [0.29, 0.717) is 25.7 Å². The van der Waals surface area contributed by atoms with Crippen LogP contribution in [-0.4, -0.2) is 60.7 Å². The Morgan fingerprint density at radius 1 is 1.29 bits per heavy atom. The molecule has 0 spiro atoms. The van der Waals surface area contributed by atoms with E-state index >= 15 is 0 Å². The largest absolute Gasteiger partial charge is 0.396 e. The van der Waals surface area contributed by atoms with Crippen LogP contribution in [0, 0.1) is 11.8 Å². The van der Waals surface area contributed by atoms with Crippen LogP contribution in [0.5, 0.6) is 0 Å². The number of aliphatic hydroxyl groups excluding tert-OH is 2. The highest BCUT2D eigenvalue weighted by Crippen LogP contribution is 2.22. The van der Waals surface area contributed by atoms with Crippen molar-refractivity contribution < 1.29 is 14.9 Å². The molecule has 0 aromatic heterocycles. The Balaban J connectivity index is 1.77. The average Bonchev–Trinajstić information content (AvgIpc) is 2.33. The lowest BCUT2D eigenvalue weighted by molar-refractivity contribution is -0.0502. The molecule has 0 aromatic rings. The standard InChI is InChI=1S/C13H25NO3/c15-6-3-11-2-1-5-14(8-11)9-12-10-17-7-4-13(12)16/h11-13,15-16H,1-10H2. The van der Waals surface area contributed by atoms with E-state index in [1.807, 2.05) is 0 Å². The molecule has 2 aliphatic heterocycles. The van der Waals surface area contributed by atoms with Crippen LogP contribution >= 0.6 is 0 Å². The Bertz CT molecular complexity index is 223. The van der Waals surface area contributed by atoms with Gasteiger partial charge in [0.2, 0.25) is 0 Å². The van der Waals surface area contributed by atoms with E-state index in [4.69, 9.17) is 9.84 Å². The van der Waals surface area contributed by atoms with Crippen LogP contribution in [0.25, 0.3) is 0 Å². The van der Waals surface area contributed by atoms with Crippen LogP contribution in [0.4, 0.5) is 0 Å². The van der Waals surface area contributed by atoms with Gasteiger partial charge in [-0.2, -0.15) is 0 Å². The van der Waals surface area contributed by atoms with E-state index in [1.54, 1.807) is 0 Å². The summed E-state index contributed by atoms with van der Waals surface area (Å²) in [7, 11) is 0. The molecule has 2 heterocycles. The minimum absolute atomic E-state index is 0.193. The summed E-state index contributed by atoms with van der Waals surface area (Å²) in [6, 6.07) is 0. The van der Waals surface area contributed by atoms with Crippen LogP contribution in [0.1, 0.15) is 25.7 Å². The molecular formula is C13H25NO3. The van der Waals surface area contributed by atoms with Crippen molar-refractivity contribution in [3.63, 3.8) is 0 Å². The zero-order chi connectivity index (χ0) is 12.1. The van der Waals surface area contributed by atoms with Crippen LogP contribution in [0.15, 0.2) is 0 Å². The van der Waals surface area contributed by atoms with E-state index in [0.717, 1.165) is 32.5 Å². The summed E-state index contributed by atoms with van der Waals surface area (Å²) in [5.41, 5.74) is 0. The topological polar surface area (TPSA) is 52.9 Å². The van der Waals surface area contributed by atoms with E-state index < -0.39 is 0 Å². The molecule has 0 aromatic carbocycles. The Morgan fingerprint density at radius 3 is 2.94 bits per heavy atom. The van der Waals surface area contributed by atoms with Gasteiger partial charge < -0.3 is 19.8 Å². The van der Waals surface area contributed by atoms with Gasteiger partial charge in [-0.1, -0.05) is 0 Å². The Kier molecular flexibility index (Phi) is 5.22. The third kappa shape index (κ3) is 3.91. The highest BCUT2D eigenvalue weighted by atomic mass is 16.5. The van der Waals surface area contributed by atoms with Crippen LogP contribution < -0.4 is 0 Å². The quantitative estimate of drug-likeness (QED) is 0.754. The summed E-state index contributed by atoms with van der Waals surface area (Å²) in [6.45, 7) is 4.85. The van der Waals surface area contributed by atoms with Gasteiger partial charge in [-0.25, -0.2) is 0 Å². The molecule has 2 fully saturated rings. The summed E-state index contributed by atoms with van der Waals surface area (Å²) in [5, 5.41) is 18.9. The minimum atomic E-state index is -0.193. The van der Waals surface area contributed by atoms with Crippen LogP contribution in [0.2, 0.25) is 0 Å². The van der Waals surface area contributed by atoms with Crippen molar-refractivity contribution in [2.75, 3.05) is 39.5 Å². The second kappa shape index (κ2) is 6.69. The molecular weight excluding hydrogens is 218 g/mol. The van der Waals surface area contributed by atoms with Crippen LogP contribution in [-0.2, 0) is 4.74 Å². The lowest BCUT2D eigenvalue weighted by atomic mass is 9.92. The van der Waals surface area contributed by atoms with Crippen molar-refractivity contribution in [2.24, 2.45) is 11.8 Å². The maximum atomic E-state index is 9.92. The summed E-state index contributed by atoms with van der Waals surface area (Å²) in [6.07, 6.45) is 3.95. The number of hydrogen-bond acceptors (Lipinski definition) is 4. The van der Waals surface area contributed by atoms with Crippen molar-refractivity contribution in [1.82, 2.24) is 4.90 Å². The zero-order valence-electron chi connectivity index (χ0n) is 10.6. The monoisotopic (exact) mass is 243 g/mol. The maximum Gasteiger partial charge on any atom is 0.0624 e. The smallest absolute Gasteiger partial charge is 0.0624 e. The average molecular weight is 243 g/mol. The predicted molar refractivity (Wildman–Crippen MR) is 65.8 cm³/mol. The second-order valence-corrected chi connectivity index (χ2v) is 5.47. The summed E-state index contributed by atoms with van der Waals surface area (Å²) < 4.78 is 5.44. The molecule has 0 amide bonds. The van der Waals surface area contributed by atoms with E-state index in [1.165, 1.54) is 12.8 Å². The summed E-state index contributed by atoms with van der Waals surface area (Å²) >= 11 is 0. The molecule has 3 atom stereocenters. The SMILES string of the molecule is OCCC1CCCN(CC2COCCC2O)C1. The second-order valence-electron chi connectivity index (χ2n) is 5.47. The predicted octanol–water partition coefficient (Wildman–Crippen LogP) is 0.478. The van der Waals surface area contributed by atoms with Crippen molar-refractivity contribution in [3.8, 4) is 0 Å². The fourth-order valence-corrected chi connectivity index (χ4v) is 3.03. The molecule has 3 unspecified atom stereocenters. The first kappa shape index (κ1) is 13.3. The van der Waals surface area contributed by atoms with E-state index in [2.05, 4.69) is 4.90 Å². The molecule has 2 saturated heterocycles. The minimum Gasteiger partial charge on any atom is -0.396 e. The first-order chi connectivity index (χ1) is 8.29. The van der Waals surface area contributed by atoms with Crippen molar-refractivity contribution in [1.29, 1.82) is 0 Å². The number of rotatable bonds is 4. The Labute approximate surface area is 104 Å². The van der Waals surface area contributed by atoms with Gasteiger partial charge in [0.15, 0.2) is 0 Å². The molecule has 0 saturated carbocycles. The fraction of sp³-hybridized carbons (Fsp3) is 1.00. The molecule has 2 aliphatic rings. The maximum absolute atomic E-state index is 9.92. The van der Waals surface area contributed by atoms with Gasteiger partial charge in [0.25, 0.3) is 0 Å². The van der Waals surface area contributed by atoms with Gasteiger partial charge in [-0.05, 0) is 38.1 Å². The molecule has 0 bridgehead atoms. The third-order valence-corrected chi connectivity index (χ3v) is 4.07. The Morgan fingerprint density at radius 2 is 2.18 bits per heavy atom. The lowest BCUT2D eigenvalue weighted by Crippen LogP contribution is -2.44. The molecule has 0 radical (unpaired) electrons. The fourth-order valence-electron chi connectivity index (χ4n) is 3.03. The van der Waals surface area contributed by atoms with Gasteiger partial charge in [0.1, 0.15) is 0 Å². The highest BCUT2D eigenvalue weighted by molar-refractivity contribution is 4.79. The van der Waals surface area contributed by atoms with Gasteiger partial charge in [-0.3, -0.25) is 0 Å². The van der Waals surface area contributed by atoms with E-state index in [9.17, 15) is 5.11 Å². The highest BCUT2D eigenvalue weighted by Gasteiger charge is 2.28. The Hall–Kier alpha value is -0.160. The number of nitrogens with zero attached hydrogens (tertiary/aromatic N) is 1. The molecule has 2 N–H and O–H groups in total. The molecule has 0 aliphatic carbocycles. The van der Waals surface area contributed by atoms with E-state index in [-0.39, 0.29) is 12.0 Å². The number of aliphatic hydroxyl groups is 2. The summed E-state index contributed by atoms with van der Waals surface area (Å²) in [5.74, 6) is 0.909. The first-order valence-electron chi connectivity index (χ1n) is 6.88. The first-order valence-corrected chi connectivity index (χ1v) is 6.88. The number of likely N-dealkylation sites (tertiary alicyclic amines) is 1. The molecule has 17 heavy (non-hydrogen) atoms. The van der Waals surface area contributed by atoms with Crippen molar-refractivity contribution in [3.05, 3.63) is 0 Å². The van der Waals surface area contributed by atoms with Gasteiger partial charge in [0.05, 0.1) is 12.7 Å². The van der Waals surface area contributed by atoms with Gasteiger partial charge in [-0.15, -0.1) is 0 Å². The molecule has 4 nitrogen and oxygen atoms in total. The van der Waals surface area contributed by atoms with Crippen molar-refractivity contribution >= 4 is 0 Å². The van der Waals surface area contributed by atoms with Gasteiger partial charge in [0, 0.05) is 32.2 Å². The zero-order valence-corrected chi connectivity index (χ0v) is 10.6. The number of ether oxygens (including phenoxy) is 1. The third-order valence-electron chi connectivity index (χ3n) is 4.07. The normalized spacial score (nSPS) is 36.0.